The molecule has 0 amide bonds. The fraction of sp³-hybridized carbons (Fsp3) is 0.600. The molecule has 3 heteroatoms. The highest BCUT2D eigenvalue weighted by Gasteiger charge is 2.34. The SMILES string of the molecule is Cc1ccccc1C1OC(CO)CN1CC(C)C. The maximum absolute atomic E-state index is 9.30. The highest BCUT2D eigenvalue weighted by molar-refractivity contribution is 5.28. The van der Waals surface area contributed by atoms with Gasteiger partial charge >= 0.3 is 0 Å². The number of benzene rings is 1. The van der Waals surface area contributed by atoms with E-state index in [0.29, 0.717) is 5.92 Å². The zero-order valence-corrected chi connectivity index (χ0v) is 11.5. The number of nitrogens with zero attached hydrogens (tertiary/aromatic N) is 1. The van der Waals surface area contributed by atoms with Gasteiger partial charge in [-0.2, -0.15) is 0 Å². The van der Waals surface area contributed by atoms with Crippen LogP contribution in [0.3, 0.4) is 0 Å². The minimum absolute atomic E-state index is 0.00856. The van der Waals surface area contributed by atoms with Crippen LogP contribution in [-0.2, 0) is 4.74 Å². The van der Waals surface area contributed by atoms with Crippen molar-refractivity contribution >= 4 is 0 Å². The Morgan fingerprint density at radius 3 is 2.72 bits per heavy atom. The second-order valence-corrected chi connectivity index (χ2v) is 5.50. The Bertz CT molecular complexity index is 392. The summed E-state index contributed by atoms with van der Waals surface area (Å²) in [5.74, 6) is 0.595. The Morgan fingerprint density at radius 1 is 1.39 bits per heavy atom. The number of rotatable bonds is 4. The standard InChI is InChI=1S/C15H23NO2/c1-11(2)8-16-9-13(10-17)18-15(16)14-7-5-4-6-12(14)3/h4-7,11,13,15,17H,8-10H2,1-3H3. The number of aliphatic hydroxyl groups is 1. The zero-order valence-electron chi connectivity index (χ0n) is 11.5. The Labute approximate surface area is 109 Å². The third-order valence-electron chi connectivity index (χ3n) is 3.35. The first-order chi connectivity index (χ1) is 8.61. The smallest absolute Gasteiger partial charge is 0.137 e. The van der Waals surface area contributed by atoms with Crippen molar-refractivity contribution in [3.8, 4) is 0 Å². The predicted octanol–water partition coefficient (Wildman–Crippen LogP) is 2.34. The normalized spacial score (nSPS) is 24.9. The van der Waals surface area contributed by atoms with Gasteiger partial charge in [0, 0.05) is 13.1 Å². The first-order valence-electron chi connectivity index (χ1n) is 6.67. The van der Waals surface area contributed by atoms with Crippen LogP contribution in [0.4, 0.5) is 0 Å². The predicted molar refractivity (Wildman–Crippen MR) is 72.3 cm³/mol. The quantitative estimate of drug-likeness (QED) is 0.889. The van der Waals surface area contributed by atoms with Crippen LogP contribution in [0.1, 0.15) is 31.2 Å². The molecule has 1 heterocycles. The zero-order chi connectivity index (χ0) is 13.1. The summed E-state index contributed by atoms with van der Waals surface area (Å²) in [5, 5.41) is 9.30. The molecule has 1 aliphatic heterocycles. The van der Waals surface area contributed by atoms with Crippen LogP contribution in [0, 0.1) is 12.8 Å². The van der Waals surface area contributed by atoms with Crippen molar-refractivity contribution in [2.24, 2.45) is 5.92 Å². The van der Waals surface area contributed by atoms with Crippen molar-refractivity contribution < 1.29 is 9.84 Å². The molecule has 0 spiro atoms. The summed E-state index contributed by atoms with van der Waals surface area (Å²) in [4.78, 5) is 2.33. The number of hydrogen-bond donors (Lipinski definition) is 1. The van der Waals surface area contributed by atoms with Crippen molar-refractivity contribution in [1.82, 2.24) is 4.90 Å². The van der Waals surface area contributed by atoms with E-state index >= 15 is 0 Å². The molecule has 100 valence electrons. The van der Waals surface area contributed by atoms with E-state index in [4.69, 9.17) is 4.74 Å². The molecule has 1 saturated heterocycles. The van der Waals surface area contributed by atoms with Gasteiger partial charge in [-0.25, -0.2) is 0 Å². The molecular formula is C15H23NO2. The second-order valence-electron chi connectivity index (χ2n) is 5.50. The minimum Gasteiger partial charge on any atom is -0.394 e. The molecule has 0 radical (unpaired) electrons. The third kappa shape index (κ3) is 2.91. The van der Waals surface area contributed by atoms with Gasteiger partial charge in [-0.05, 0) is 24.0 Å². The average Bonchev–Trinajstić information content (AvgIpc) is 2.72. The molecule has 2 atom stereocenters. The lowest BCUT2D eigenvalue weighted by molar-refractivity contribution is -0.0222. The molecule has 1 aromatic carbocycles. The fourth-order valence-electron chi connectivity index (χ4n) is 2.54. The third-order valence-corrected chi connectivity index (χ3v) is 3.35. The molecule has 0 bridgehead atoms. The van der Waals surface area contributed by atoms with Crippen LogP contribution in [-0.4, -0.2) is 35.8 Å². The topological polar surface area (TPSA) is 32.7 Å². The van der Waals surface area contributed by atoms with Crippen LogP contribution in [0.5, 0.6) is 0 Å². The van der Waals surface area contributed by atoms with E-state index in [1.807, 2.05) is 12.1 Å². The van der Waals surface area contributed by atoms with Crippen molar-refractivity contribution in [3.63, 3.8) is 0 Å². The highest BCUT2D eigenvalue weighted by atomic mass is 16.5. The summed E-state index contributed by atoms with van der Waals surface area (Å²) >= 11 is 0. The van der Waals surface area contributed by atoms with E-state index in [-0.39, 0.29) is 18.9 Å². The Balaban J connectivity index is 2.21. The summed E-state index contributed by atoms with van der Waals surface area (Å²) in [6.07, 6.45) is -0.0703. The van der Waals surface area contributed by atoms with Gasteiger partial charge in [0.05, 0.1) is 12.7 Å². The van der Waals surface area contributed by atoms with Crippen molar-refractivity contribution in [3.05, 3.63) is 35.4 Å². The maximum Gasteiger partial charge on any atom is 0.137 e. The van der Waals surface area contributed by atoms with Crippen LogP contribution >= 0.6 is 0 Å². The van der Waals surface area contributed by atoms with Gasteiger partial charge < -0.3 is 9.84 Å². The summed E-state index contributed by atoms with van der Waals surface area (Å²) in [7, 11) is 0. The van der Waals surface area contributed by atoms with Crippen LogP contribution in [0.25, 0.3) is 0 Å². The van der Waals surface area contributed by atoms with E-state index in [9.17, 15) is 5.11 Å². The summed E-state index contributed by atoms with van der Waals surface area (Å²) in [5.41, 5.74) is 2.46. The summed E-state index contributed by atoms with van der Waals surface area (Å²) < 4.78 is 5.97. The Morgan fingerprint density at radius 2 is 2.11 bits per heavy atom. The van der Waals surface area contributed by atoms with Crippen LogP contribution in [0.2, 0.25) is 0 Å². The molecule has 1 aromatic rings. The van der Waals surface area contributed by atoms with Gasteiger partial charge in [0.25, 0.3) is 0 Å². The first kappa shape index (κ1) is 13.5. The molecule has 1 aliphatic rings. The molecule has 3 nitrogen and oxygen atoms in total. The lowest BCUT2D eigenvalue weighted by atomic mass is 10.1. The molecule has 1 fully saturated rings. The van der Waals surface area contributed by atoms with E-state index in [0.717, 1.165) is 13.1 Å². The van der Waals surface area contributed by atoms with Gasteiger partial charge in [0.2, 0.25) is 0 Å². The molecule has 2 unspecified atom stereocenters. The Hall–Kier alpha value is -0.900. The van der Waals surface area contributed by atoms with E-state index in [1.165, 1.54) is 11.1 Å². The lowest BCUT2D eigenvalue weighted by Gasteiger charge is -2.25. The molecule has 0 aliphatic carbocycles. The number of ether oxygens (including phenoxy) is 1. The van der Waals surface area contributed by atoms with Gasteiger partial charge in [-0.1, -0.05) is 38.1 Å². The molecule has 0 aromatic heterocycles. The van der Waals surface area contributed by atoms with Gasteiger partial charge in [-0.15, -0.1) is 0 Å². The van der Waals surface area contributed by atoms with E-state index in [1.54, 1.807) is 0 Å². The summed E-state index contributed by atoms with van der Waals surface area (Å²) in [6, 6.07) is 8.32. The molecule has 1 N–H and O–H groups in total. The average molecular weight is 249 g/mol. The number of aryl methyl sites for hydroxylation is 1. The molecule has 2 rings (SSSR count). The largest absolute Gasteiger partial charge is 0.394 e. The van der Waals surface area contributed by atoms with Crippen molar-refractivity contribution in [1.29, 1.82) is 0 Å². The second kappa shape index (κ2) is 5.83. The Kier molecular flexibility index (Phi) is 4.38. The monoisotopic (exact) mass is 249 g/mol. The molecular weight excluding hydrogens is 226 g/mol. The highest BCUT2D eigenvalue weighted by Crippen LogP contribution is 2.32. The number of aliphatic hydroxyl groups excluding tert-OH is 1. The van der Waals surface area contributed by atoms with Gasteiger partial charge in [0.1, 0.15) is 6.23 Å². The molecule has 0 saturated carbocycles. The summed E-state index contributed by atoms with van der Waals surface area (Å²) in [6.45, 7) is 8.43. The molecule has 18 heavy (non-hydrogen) atoms. The van der Waals surface area contributed by atoms with Gasteiger partial charge in [-0.3, -0.25) is 4.90 Å². The van der Waals surface area contributed by atoms with Crippen molar-refractivity contribution in [2.75, 3.05) is 19.7 Å². The van der Waals surface area contributed by atoms with Crippen LogP contribution < -0.4 is 0 Å². The van der Waals surface area contributed by atoms with E-state index in [2.05, 4.69) is 37.8 Å². The first-order valence-corrected chi connectivity index (χ1v) is 6.67. The van der Waals surface area contributed by atoms with Crippen molar-refractivity contribution in [2.45, 2.75) is 33.1 Å². The maximum atomic E-state index is 9.30. The minimum atomic E-state index is -0.0617. The van der Waals surface area contributed by atoms with Gasteiger partial charge in [0.15, 0.2) is 0 Å². The number of hydrogen-bond acceptors (Lipinski definition) is 3. The van der Waals surface area contributed by atoms with E-state index < -0.39 is 0 Å². The fourth-order valence-corrected chi connectivity index (χ4v) is 2.54. The van der Waals surface area contributed by atoms with Crippen LogP contribution in [0.15, 0.2) is 24.3 Å². The lowest BCUT2D eigenvalue weighted by Crippen LogP contribution is -2.29.